The predicted molar refractivity (Wildman–Crippen MR) is 104 cm³/mol. The molecule has 0 aliphatic carbocycles. The van der Waals surface area contributed by atoms with Crippen LogP contribution >= 0.6 is 11.8 Å². The summed E-state index contributed by atoms with van der Waals surface area (Å²) in [5.41, 5.74) is 3.59. The fourth-order valence-corrected chi connectivity index (χ4v) is 3.34. The van der Waals surface area contributed by atoms with Crippen molar-refractivity contribution in [1.29, 1.82) is 0 Å². The van der Waals surface area contributed by atoms with Crippen molar-refractivity contribution in [1.82, 2.24) is 4.90 Å². The molecule has 132 valence electrons. The van der Waals surface area contributed by atoms with Crippen LogP contribution in [0.5, 0.6) is 0 Å². The summed E-state index contributed by atoms with van der Waals surface area (Å²) < 4.78 is 0. The van der Waals surface area contributed by atoms with Gasteiger partial charge in [0.25, 0.3) is 11.1 Å². The third-order valence-corrected chi connectivity index (χ3v) is 4.89. The van der Waals surface area contributed by atoms with Crippen LogP contribution in [-0.4, -0.2) is 28.5 Å². The summed E-state index contributed by atoms with van der Waals surface area (Å²) in [6.07, 6.45) is 1.69. The third kappa shape index (κ3) is 4.03. The van der Waals surface area contributed by atoms with Crippen molar-refractivity contribution >= 4 is 40.6 Å². The minimum atomic E-state index is -0.442. The topological polar surface area (TPSA) is 66.5 Å². The summed E-state index contributed by atoms with van der Waals surface area (Å²) in [4.78, 5) is 38.1. The maximum Gasteiger partial charge on any atom is 0.294 e. The second-order valence-corrected chi connectivity index (χ2v) is 7.03. The van der Waals surface area contributed by atoms with Crippen molar-refractivity contribution in [2.24, 2.45) is 0 Å². The minimum absolute atomic E-state index is 0.302. The number of anilines is 1. The van der Waals surface area contributed by atoms with Crippen molar-refractivity contribution < 1.29 is 14.4 Å². The van der Waals surface area contributed by atoms with Crippen molar-refractivity contribution in [2.75, 3.05) is 11.9 Å². The highest BCUT2D eigenvalue weighted by molar-refractivity contribution is 8.18. The van der Waals surface area contributed by atoms with Crippen LogP contribution in [0.2, 0.25) is 0 Å². The van der Waals surface area contributed by atoms with Gasteiger partial charge in [-0.1, -0.05) is 42.0 Å². The summed E-state index contributed by atoms with van der Waals surface area (Å²) in [5.74, 6) is -0.851. The Kier molecular flexibility index (Phi) is 5.23. The predicted octanol–water partition coefficient (Wildman–Crippen LogP) is 3.98. The summed E-state index contributed by atoms with van der Waals surface area (Å²) in [5, 5.41) is 2.26. The number of imide groups is 1. The molecule has 3 amide bonds. The molecule has 5 nitrogen and oxygen atoms in total. The van der Waals surface area contributed by atoms with Gasteiger partial charge in [0.15, 0.2) is 0 Å². The average molecular weight is 366 g/mol. The molecule has 1 aliphatic rings. The number of thioether (sulfide) groups is 1. The van der Waals surface area contributed by atoms with E-state index >= 15 is 0 Å². The van der Waals surface area contributed by atoms with E-state index in [1.165, 1.54) is 0 Å². The van der Waals surface area contributed by atoms with Crippen LogP contribution in [0.4, 0.5) is 10.5 Å². The van der Waals surface area contributed by atoms with Gasteiger partial charge in [-0.3, -0.25) is 19.3 Å². The van der Waals surface area contributed by atoms with E-state index in [2.05, 4.69) is 5.32 Å². The summed E-state index contributed by atoms with van der Waals surface area (Å²) in [6.45, 7) is 3.58. The Bertz CT molecular complexity index is 904. The van der Waals surface area contributed by atoms with Crippen LogP contribution < -0.4 is 5.32 Å². The molecule has 1 fully saturated rings. The van der Waals surface area contributed by atoms with E-state index in [0.717, 1.165) is 33.4 Å². The monoisotopic (exact) mass is 366 g/mol. The zero-order valence-corrected chi connectivity index (χ0v) is 15.3. The first-order chi connectivity index (χ1) is 12.4. The van der Waals surface area contributed by atoms with Gasteiger partial charge in [0.2, 0.25) is 5.91 Å². The van der Waals surface area contributed by atoms with Gasteiger partial charge < -0.3 is 5.32 Å². The van der Waals surface area contributed by atoms with Crippen molar-refractivity contribution in [2.45, 2.75) is 13.8 Å². The molecule has 2 aromatic rings. The Balaban J connectivity index is 1.70. The summed E-state index contributed by atoms with van der Waals surface area (Å²) >= 11 is 0.854. The number of benzene rings is 2. The fourth-order valence-electron chi connectivity index (χ4n) is 2.51. The lowest BCUT2D eigenvalue weighted by Crippen LogP contribution is -2.36. The van der Waals surface area contributed by atoms with Crippen LogP contribution in [0.25, 0.3) is 6.08 Å². The molecule has 1 heterocycles. The largest absolute Gasteiger partial charge is 0.325 e. The second-order valence-electron chi connectivity index (χ2n) is 6.04. The molecule has 2 aromatic carbocycles. The van der Waals surface area contributed by atoms with Gasteiger partial charge in [-0.15, -0.1) is 0 Å². The lowest BCUT2D eigenvalue weighted by Gasteiger charge is -2.12. The molecular weight excluding hydrogens is 348 g/mol. The molecule has 0 atom stereocenters. The van der Waals surface area contributed by atoms with E-state index in [4.69, 9.17) is 0 Å². The van der Waals surface area contributed by atoms with E-state index in [9.17, 15) is 14.4 Å². The number of amides is 3. The molecule has 6 heteroatoms. The van der Waals surface area contributed by atoms with E-state index in [1.807, 2.05) is 50.2 Å². The Morgan fingerprint density at radius 1 is 1.08 bits per heavy atom. The quantitative estimate of drug-likeness (QED) is 0.831. The smallest absolute Gasteiger partial charge is 0.294 e. The zero-order valence-electron chi connectivity index (χ0n) is 14.5. The fraction of sp³-hybridized carbons (Fsp3) is 0.150. The van der Waals surface area contributed by atoms with Crippen LogP contribution in [0.3, 0.4) is 0 Å². The van der Waals surface area contributed by atoms with Gasteiger partial charge >= 0.3 is 0 Å². The van der Waals surface area contributed by atoms with Gasteiger partial charge in [-0.2, -0.15) is 0 Å². The number of rotatable bonds is 4. The molecule has 0 bridgehead atoms. The molecular formula is C20H18N2O3S. The molecule has 0 spiro atoms. The lowest BCUT2D eigenvalue weighted by molar-refractivity contribution is -0.127. The highest BCUT2D eigenvalue weighted by Crippen LogP contribution is 2.32. The SMILES string of the molecule is Cc1ccc(NC(=O)CN2C(=O)S/C(=C\c3ccccc3C)C2=O)cc1. The number of nitrogens with one attached hydrogen (secondary N) is 1. The molecule has 0 aromatic heterocycles. The highest BCUT2D eigenvalue weighted by Gasteiger charge is 2.36. The maximum atomic E-state index is 12.5. The minimum Gasteiger partial charge on any atom is -0.325 e. The standard InChI is InChI=1S/C20H18N2O3S/c1-13-7-9-16(10-8-13)21-18(23)12-22-19(24)17(26-20(22)25)11-15-6-4-3-5-14(15)2/h3-11H,12H2,1-2H3,(H,21,23)/b17-11-. The van der Waals surface area contributed by atoms with Crippen LogP contribution in [0.1, 0.15) is 16.7 Å². The number of carbonyl (C=O) groups excluding carboxylic acids is 3. The number of aryl methyl sites for hydroxylation is 2. The van der Waals surface area contributed by atoms with E-state index < -0.39 is 17.1 Å². The molecule has 1 saturated heterocycles. The Hall–Kier alpha value is -2.86. The van der Waals surface area contributed by atoms with E-state index in [1.54, 1.807) is 18.2 Å². The normalized spacial score (nSPS) is 15.6. The van der Waals surface area contributed by atoms with Gasteiger partial charge in [-0.05, 0) is 54.9 Å². The molecule has 3 rings (SSSR count). The van der Waals surface area contributed by atoms with Gasteiger partial charge in [0.05, 0.1) is 4.91 Å². The van der Waals surface area contributed by atoms with Crippen molar-refractivity contribution in [3.05, 3.63) is 70.1 Å². The Labute approximate surface area is 156 Å². The van der Waals surface area contributed by atoms with Gasteiger partial charge in [0.1, 0.15) is 6.54 Å². The number of hydrogen-bond donors (Lipinski definition) is 1. The number of nitrogens with zero attached hydrogens (tertiary/aromatic N) is 1. The van der Waals surface area contributed by atoms with Crippen molar-refractivity contribution in [3.8, 4) is 0 Å². The Morgan fingerprint density at radius 2 is 1.77 bits per heavy atom. The molecule has 0 unspecified atom stereocenters. The van der Waals surface area contributed by atoms with E-state index in [-0.39, 0.29) is 6.54 Å². The molecule has 1 N–H and O–H groups in total. The second kappa shape index (κ2) is 7.58. The lowest BCUT2D eigenvalue weighted by atomic mass is 10.1. The Morgan fingerprint density at radius 3 is 2.46 bits per heavy atom. The highest BCUT2D eigenvalue weighted by atomic mass is 32.2. The third-order valence-electron chi connectivity index (χ3n) is 3.99. The van der Waals surface area contributed by atoms with Gasteiger partial charge in [-0.25, -0.2) is 0 Å². The van der Waals surface area contributed by atoms with Crippen molar-refractivity contribution in [3.63, 3.8) is 0 Å². The molecule has 1 aliphatic heterocycles. The molecule has 0 radical (unpaired) electrons. The first-order valence-electron chi connectivity index (χ1n) is 8.11. The average Bonchev–Trinajstić information content (AvgIpc) is 2.86. The first kappa shape index (κ1) is 17.9. The summed E-state index contributed by atoms with van der Waals surface area (Å²) in [6, 6.07) is 14.9. The van der Waals surface area contributed by atoms with Crippen LogP contribution in [0.15, 0.2) is 53.4 Å². The first-order valence-corrected chi connectivity index (χ1v) is 8.93. The van der Waals surface area contributed by atoms with Crippen LogP contribution in [-0.2, 0) is 9.59 Å². The van der Waals surface area contributed by atoms with E-state index in [0.29, 0.717) is 10.6 Å². The van der Waals surface area contributed by atoms with Crippen LogP contribution in [0, 0.1) is 13.8 Å². The molecule has 26 heavy (non-hydrogen) atoms. The molecule has 0 saturated carbocycles. The number of hydrogen-bond acceptors (Lipinski definition) is 4. The zero-order chi connectivity index (χ0) is 18.7. The summed E-state index contributed by atoms with van der Waals surface area (Å²) in [7, 11) is 0. The maximum absolute atomic E-state index is 12.5. The number of carbonyl (C=O) groups is 3. The van der Waals surface area contributed by atoms with Gasteiger partial charge in [0, 0.05) is 5.69 Å².